The Hall–Kier alpha value is -0.0800. The molecule has 1 N–H and O–H groups in total. The van der Waals surface area contributed by atoms with E-state index in [4.69, 9.17) is 0 Å². The summed E-state index contributed by atoms with van der Waals surface area (Å²) in [6.07, 6.45) is 57.5. The molecule has 0 spiro atoms. The van der Waals surface area contributed by atoms with Crippen molar-refractivity contribution in [3.8, 4) is 0 Å². The van der Waals surface area contributed by atoms with Crippen LogP contribution in [0.3, 0.4) is 0 Å². The van der Waals surface area contributed by atoms with Gasteiger partial charge in [-0.05, 0) is 38.3 Å². The van der Waals surface area contributed by atoms with E-state index in [9.17, 15) is 5.11 Å². The van der Waals surface area contributed by atoms with Gasteiger partial charge in [0.1, 0.15) is 0 Å². The first-order valence-electron chi connectivity index (χ1n) is 24.1. The first-order valence-corrected chi connectivity index (χ1v) is 24.1. The first kappa shape index (κ1) is 49.9. The van der Waals surface area contributed by atoms with E-state index in [1.165, 1.54) is 270 Å². The van der Waals surface area contributed by atoms with Crippen molar-refractivity contribution in [2.45, 2.75) is 278 Å². The highest BCUT2D eigenvalue weighted by Gasteiger charge is 2.11. The Bertz CT molecular complexity index is 551. The van der Waals surface area contributed by atoms with Crippen LogP contribution in [0.15, 0.2) is 0 Å². The third-order valence-corrected chi connectivity index (χ3v) is 11.8. The van der Waals surface area contributed by atoms with E-state index in [0.717, 1.165) is 12.5 Å². The number of unbranched alkanes of at least 4 members (excludes halogenated alkanes) is 33. The van der Waals surface area contributed by atoms with Gasteiger partial charge in [-0.2, -0.15) is 0 Å². The zero-order chi connectivity index (χ0) is 36.3. The molecule has 0 aromatic heterocycles. The Morgan fingerprint density at radius 2 is 0.520 bits per heavy atom. The van der Waals surface area contributed by atoms with Gasteiger partial charge in [0.25, 0.3) is 0 Å². The molecule has 0 saturated heterocycles. The first-order chi connectivity index (χ1) is 24.8. The van der Waals surface area contributed by atoms with Crippen LogP contribution >= 0.6 is 0 Å². The Kier molecular flexibility index (Phi) is 45.0. The Labute approximate surface area is 318 Å². The van der Waals surface area contributed by atoms with Crippen molar-refractivity contribution >= 4 is 0 Å². The summed E-state index contributed by atoms with van der Waals surface area (Å²) in [6.45, 7) is 10.5. The van der Waals surface area contributed by atoms with Crippen LogP contribution in [0.25, 0.3) is 0 Å². The van der Waals surface area contributed by atoms with Gasteiger partial charge in [0.2, 0.25) is 0 Å². The number of aliphatic hydroxyl groups excluding tert-OH is 1. The second kappa shape index (κ2) is 45.1. The standard InChI is InChI=1S/C48H99NO/c1-4-7-10-13-16-19-22-25-28-31-34-37-41-48(42-38-35-32-29-26-23-20-17-14-11-8-5-2)43-40-45-49(46-47-50)44-39-36-33-30-27-24-21-18-15-12-9-6-3/h48,50H,4-47H2,1-3H3. The molecule has 0 saturated carbocycles. The van der Waals surface area contributed by atoms with Gasteiger partial charge in [-0.3, -0.25) is 0 Å². The molecule has 0 fully saturated rings. The van der Waals surface area contributed by atoms with Crippen molar-refractivity contribution in [1.82, 2.24) is 4.90 Å². The molecule has 0 aliphatic heterocycles. The second-order valence-electron chi connectivity index (χ2n) is 16.8. The topological polar surface area (TPSA) is 23.5 Å². The van der Waals surface area contributed by atoms with Crippen LogP contribution in [-0.4, -0.2) is 36.2 Å². The fourth-order valence-electron chi connectivity index (χ4n) is 8.24. The van der Waals surface area contributed by atoms with E-state index < -0.39 is 0 Å². The van der Waals surface area contributed by atoms with Crippen LogP contribution in [0.4, 0.5) is 0 Å². The summed E-state index contributed by atoms with van der Waals surface area (Å²) in [6, 6.07) is 0. The lowest BCUT2D eigenvalue weighted by molar-refractivity contribution is 0.187. The summed E-state index contributed by atoms with van der Waals surface area (Å²) in [4.78, 5) is 2.58. The predicted octanol–water partition coefficient (Wildman–Crippen LogP) is 16.6. The van der Waals surface area contributed by atoms with E-state index in [2.05, 4.69) is 25.7 Å². The van der Waals surface area contributed by atoms with E-state index in [0.29, 0.717) is 6.61 Å². The maximum Gasteiger partial charge on any atom is 0.0558 e. The normalized spacial score (nSPS) is 11.9. The maximum absolute atomic E-state index is 9.75. The second-order valence-corrected chi connectivity index (χ2v) is 16.8. The highest BCUT2D eigenvalue weighted by molar-refractivity contribution is 4.65. The molecule has 0 atom stereocenters. The summed E-state index contributed by atoms with van der Waals surface area (Å²) in [5.41, 5.74) is 0. The smallest absolute Gasteiger partial charge is 0.0558 e. The van der Waals surface area contributed by atoms with E-state index in [-0.39, 0.29) is 0 Å². The number of hydrogen-bond acceptors (Lipinski definition) is 2. The number of rotatable bonds is 45. The molecule has 0 radical (unpaired) electrons. The summed E-state index contributed by atoms with van der Waals surface area (Å²) >= 11 is 0. The minimum absolute atomic E-state index is 0.319. The van der Waals surface area contributed by atoms with E-state index >= 15 is 0 Å². The fraction of sp³-hybridized carbons (Fsp3) is 1.00. The molecule has 0 aliphatic carbocycles. The Morgan fingerprint density at radius 1 is 0.280 bits per heavy atom. The average Bonchev–Trinajstić information content (AvgIpc) is 3.12. The van der Waals surface area contributed by atoms with Crippen LogP contribution in [0.5, 0.6) is 0 Å². The average molecular weight is 706 g/mol. The third kappa shape index (κ3) is 40.7. The molecule has 0 unspecified atom stereocenters. The SMILES string of the molecule is CCCCCCCCCCCCCCC(CCCCCCCCCCCCCC)CCCN(CCO)CCCCCCCCCCCCCC. The van der Waals surface area contributed by atoms with Crippen LogP contribution in [0, 0.1) is 5.92 Å². The number of hydrogen-bond donors (Lipinski definition) is 1. The van der Waals surface area contributed by atoms with E-state index in [1.807, 2.05) is 0 Å². The van der Waals surface area contributed by atoms with Crippen LogP contribution in [0.1, 0.15) is 278 Å². The highest BCUT2D eigenvalue weighted by Crippen LogP contribution is 2.24. The van der Waals surface area contributed by atoms with Gasteiger partial charge in [-0.1, -0.05) is 258 Å². The number of aliphatic hydroxyl groups is 1. The lowest BCUT2D eigenvalue weighted by atomic mass is 9.90. The van der Waals surface area contributed by atoms with Crippen LogP contribution in [0.2, 0.25) is 0 Å². The van der Waals surface area contributed by atoms with Crippen molar-refractivity contribution in [1.29, 1.82) is 0 Å². The minimum Gasteiger partial charge on any atom is -0.395 e. The van der Waals surface area contributed by atoms with Crippen molar-refractivity contribution in [2.75, 3.05) is 26.2 Å². The molecule has 0 heterocycles. The summed E-state index contributed by atoms with van der Waals surface area (Å²) < 4.78 is 0. The van der Waals surface area contributed by atoms with Crippen molar-refractivity contribution < 1.29 is 5.11 Å². The highest BCUT2D eigenvalue weighted by atomic mass is 16.3. The summed E-state index contributed by atoms with van der Waals surface area (Å²) in [5.74, 6) is 0.934. The lowest BCUT2D eigenvalue weighted by Crippen LogP contribution is -2.29. The molecule has 0 aromatic carbocycles. The predicted molar refractivity (Wildman–Crippen MR) is 229 cm³/mol. The Morgan fingerprint density at radius 3 is 0.820 bits per heavy atom. The van der Waals surface area contributed by atoms with E-state index in [1.54, 1.807) is 0 Å². The zero-order valence-corrected chi connectivity index (χ0v) is 35.6. The van der Waals surface area contributed by atoms with Gasteiger partial charge in [-0.15, -0.1) is 0 Å². The fourth-order valence-corrected chi connectivity index (χ4v) is 8.24. The van der Waals surface area contributed by atoms with Gasteiger partial charge in [0.15, 0.2) is 0 Å². The molecule has 0 rings (SSSR count). The molecular weight excluding hydrogens is 607 g/mol. The summed E-state index contributed by atoms with van der Waals surface area (Å²) in [7, 11) is 0. The van der Waals surface area contributed by atoms with Gasteiger partial charge < -0.3 is 10.0 Å². The minimum atomic E-state index is 0.319. The number of nitrogens with zero attached hydrogens (tertiary/aromatic N) is 1. The van der Waals surface area contributed by atoms with Crippen molar-refractivity contribution in [3.63, 3.8) is 0 Å². The quantitative estimate of drug-likeness (QED) is 0.0638. The van der Waals surface area contributed by atoms with Crippen molar-refractivity contribution in [2.24, 2.45) is 5.92 Å². The summed E-state index contributed by atoms with van der Waals surface area (Å²) in [5, 5.41) is 9.75. The molecule has 0 amide bonds. The maximum atomic E-state index is 9.75. The Balaban J connectivity index is 4.23. The van der Waals surface area contributed by atoms with Gasteiger partial charge in [0, 0.05) is 6.54 Å². The van der Waals surface area contributed by atoms with Gasteiger partial charge in [0.05, 0.1) is 6.61 Å². The molecule has 50 heavy (non-hydrogen) atoms. The third-order valence-electron chi connectivity index (χ3n) is 11.8. The molecule has 302 valence electrons. The monoisotopic (exact) mass is 706 g/mol. The molecule has 0 bridgehead atoms. The molecular formula is C48H99NO. The zero-order valence-electron chi connectivity index (χ0n) is 35.6. The molecule has 0 aromatic rings. The van der Waals surface area contributed by atoms with Crippen LogP contribution < -0.4 is 0 Å². The lowest BCUT2D eigenvalue weighted by Gasteiger charge is -2.23. The molecule has 0 aliphatic rings. The van der Waals surface area contributed by atoms with Crippen molar-refractivity contribution in [3.05, 3.63) is 0 Å². The molecule has 2 nitrogen and oxygen atoms in total. The van der Waals surface area contributed by atoms with Gasteiger partial charge in [-0.25, -0.2) is 0 Å². The van der Waals surface area contributed by atoms with Crippen LogP contribution in [-0.2, 0) is 0 Å². The largest absolute Gasteiger partial charge is 0.395 e. The molecule has 2 heteroatoms. The van der Waals surface area contributed by atoms with Gasteiger partial charge >= 0.3 is 0 Å².